The molecule has 0 amide bonds. The number of nitrogen functional groups attached to an aromatic ring is 1. The molecule has 7 heteroatoms. The molecule has 28 heavy (non-hydrogen) atoms. The molecule has 3 heterocycles. The van der Waals surface area contributed by atoms with Gasteiger partial charge < -0.3 is 15.3 Å². The van der Waals surface area contributed by atoms with Gasteiger partial charge in [-0.1, -0.05) is 13.3 Å². The summed E-state index contributed by atoms with van der Waals surface area (Å²) in [6, 6.07) is 7.55. The fourth-order valence-corrected chi connectivity index (χ4v) is 4.54. The van der Waals surface area contributed by atoms with Crippen LogP contribution in [0.4, 0.5) is 0 Å². The molecule has 2 N–H and O–H groups in total. The highest BCUT2D eigenvalue weighted by Crippen LogP contribution is 2.37. The quantitative estimate of drug-likeness (QED) is 0.520. The summed E-state index contributed by atoms with van der Waals surface area (Å²) in [6.07, 6.45) is 2.79. The molecule has 6 nitrogen and oxygen atoms in total. The Morgan fingerprint density at radius 3 is 2.79 bits per heavy atom. The van der Waals surface area contributed by atoms with Crippen LogP contribution in [0.3, 0.4) is 0 Å². The number of hydrogen-bond donors (Lipinski definition) is 1. The predicted octanol–water partition coefficient (Wildman–Crippen LogP) is 3.87. The summed E-state index contributed by atoms with van der Waals surface area (Å²) in [6.45, 7) is 7.40. The molecule has 0 bridgehead atoms. The van der Waals surface area contributed by atoms with Gasteiger partial charge >= 0.3 is 0 Å². The Kier molecular flexibility index (Phi) is 4.89. The second-order valence-electron chi connectivity index (χ2n) is 7.75. The Hall–Kier alpha value is -2.38. The molecule has 0 unspecified atom stereocenters. The van der Waals surface area contributed by atoms with Crippen LogP contribution in [0.5, 0.6) is 5.75 Å². The molecule has 1 aliphatic heterocycles. The number of ether oxygens (including phenoxy) is 2. The van der Waals surface area contributed by atoms with Crippen molar-refractivity contribution < 1.29 is 9.47 Å². The van der Waals surface area contributed by atoms with Crippen molar-refractivity contribution in [2.75, 3.05) is 12.4 Å². The number of nitrogens with two attached hydrogens (primary N) is 1. The molecule has 0 spiro atoms. The molecule has 0 radical (unpaired) electrons. The first-order valence-corrected chi connectivity index (χ1v) is 10.4. The highest BCUT2D eigenvalue weighted by Gasteiger charge is 2.31. The largest absolute Gasteiger partial charge is 0.494 e. The second-order valence-corrected chi connectivity index (χ2v) is 8.83. The van der Waals surface area contributed by atoms with E-state index >= 15 is 0 Å². The number of fused-ring (bicyclic) bond motifs is 3. The number of unbranched alkanes of at least 4 members (excludes halogenated alkanes) is 1. The van der Waals surface area contributed by atoms with Gasteiger partial charge in [0.05, 0.1) is 24.2 Å². The van der Waals surface area contributed by atoms with Crippen molar-refractivity contribution in [1.29, 1.82) is 0 Å². The molecule has 2 aromatic heterocycles. The summed E-state index contributed by atoms with van der Waals surface area (Å²) in [5.74, 6) is 7.42. The van der Waals surface area contributed by atoms with Gasteiger partial charge in [0.1, 0.15) is 10.6 Å². The Balaban J connectivity index is 1.73. The standard InChI is InChI=1S/C21H25N3O3S/c1-4-5-10-26-14-8-6-13(7-9-14)18-23-19-17(20(25)24(18)22)15-11-21(2,3)27-12-16(15)28-19/h6-9H,4-5,10-12,22H2,1-3H3. The monoisotopic (exact) mass is 399 g/mol. The molecule has 0 saturated carbocycles. The summed E-state index contributed by atoms with van der Waals surface area (Å²) in [4.78, 5) is 19.6. The molecule has 1 aliphatic rings. The Morgan fingerprint density at radius 2 is 2.07 bits per heavy atom. The number of hydrogen-bond acceptors (Lipinski definition) is 6. The van der Waals surface area contributed by atoms with E-state index in [-0.39, 0.29) is 11.2 Å². The third-order valence-electron chi connectivity index (χ3n) is 5.02. The zero-order chi connectivity index (χ0) is 19.9. The van der Waals surface area contributed by atoms with Gasteiger partial charge in [-0.05, 0) is 50.1 Å². The highest BCUT2D eigenvalue weighted by atomic mass is 32.1. The van der Waals surface area contributed by atoms with Crippen LogP contribution in [0.2, 0.25) is 0 Å². The fourth-order valence-electron chi connectivity index (χ4n) is 3.44. The Labute approximate surface area is 167 Å². The van der Waals surface area contributed by atoms with Crippen LogP contribution in [-0.4, -0.2) is 21.9 Å². The van der Waals surface area contributed by atoms with Gasteiger partial charge in [-0.15, -0.1) is 11.3 Å². The SMILES string of the molecule is CCCCOc1ccc(-c2nc3sc4c(c3c(=O)n2N)CC(C)(C)OC4)cc1. The first-order chi connectivity index (χ1) is 13.4. The van der Waals surface area contributed by atoms with Crippen LogP contribution < -0.4 is 16.1 Å². The van der Waals surface area contributed by atoms with Crippen LogP contribution in [-0.2, 0) is 17.8 Å². The molecular formula is C21H25N3O3S. The highest BCUT2D eigenvalue weighted by molar-refractivity contribution is 7.18. The van der Waals surface area contributed by atoms with Gasteiger partial charge in [-0.2, -0.15) is 0 Å². The smallest absolute Gasteiger partial charge is 0.281 e. The normalized spacial score (nSPS) is 15.5. The molecule has 4 rings (SSSR count). The first kappa shape index (κ1) is 19.0. The van der Waals surface area contributed by atoms with E-state index in [0.717, 1.165) is 44.1 Å². The maximum atomic E-state index is 13.0. The van der Waals surface area contributed by atoms with Crippen LogP contribution >= 0.6 is 11.3 Å². The van der Waals surface area contributed by atoms with E-state index in [4.69, 9.17) is 20.3 Å². The molecule has 1 aromatic carbocycles. The van der Waals surface area contributed by atoms with Crippen LogP contribution in [0.15, 0.2) is 29.1 Å². The second kappa shape index (κ2) is 7.22. The number of thiophene rings is 1. The van der Waals surface area contributed by atoms with E-state index in [0.29, 0.717) is 30.8 Å². The van der Waals surface area contributed by atoms with E-state index in [9.17, 15) is 4.79 Å². The van der Waals surface area contributed by atoms with Crippen molar-refractivity contribution in [3.63, 3.8) is 0 Å². The lowest BCUT2D eigenvalue weighted by atomic mass is 9.94. The number of rotatable bonds is 5. The minimum atomic E-state index is -0.293. The van der Waals surface area contributed by atoms with Crippen LogP contribution in [0.1, 0.15) is 44.1 Å². The molecule has 0 aliphatic carbocycles. The van der Waals surface area contributed by atoms with Crippen molar-refractivity contribution in [3.05, 3.63) is 45.1 Å². The topological polar surface area (TPSA) is 79.4 Å². The molecule has 0 saturated heterocycles. The predicted molar refractivity (Wildman–Crippen MR) is 112 cm³/mol. The van der Waals surface area contributed by atoms with E-state index in [1.165, 1.54) is 11.3 Å². The fraction of sp³-hybridized carbons (Fsp3) is 0.429. The summed E-state index contributed by atoms with van der Waals surface area (Å²) < 4.78 is 12.7. The third-order valence-corrected chi connectivity index (χ3v) is 6.12. The number of benzene rings is 1. The van der Waals surface area contributed by atoms with Gasteiger partial charge in [-0.25, -0.2) is 9.66 Å². The molecule has 148 valence electrons. The molecule has 0 atom stereocenters. The average Bonchev–Trinajstić information content (AvgIpc) is 3.02. The van der Waals surface area contributed by atoms with Gasteiger partial charge in [0.2, 0.25) is 0 Å². The number of nitrogens with zero attached hydrogens (tertiary/aromatic N) is 2. The van der Waals surface area contributed by atoms with Gasteiger partial charge in [0.25, 0.3) is 5.56 Å². The van der Waals surface area contributed by atoms with Crippen molar-refractivity contribution in [3.8, 4) is 17.1 Å². The Morgan fingerprint density at radius 1 is 1.32 bits per heavy atom. The minimum absolute atomic E-state index is 0.210. The summed E-state index contributed by atoms with van der Waals surface area (Å²) in [5.41, 5.74) is 1.31. The van der Waals surface area contributed by atoms with E-state index in [1.54, 1.807) is 0 Å². The lowest BCUT2D eigenvalue weighted by Crippen LogP contribution is -2.33. The van der Waals surface area contributed by atoms with Gasteiger partial charge in [0.15, 0.2) is 5.82 Å². The number of aromatic nitrogens is 2. The minimum Gasteiger partial charge on any atom is -0.494 e. The van der Waals surface area contributed by atoms with Crippen LogP contribution in [0.25, 0.3) is 21.6 Å². The maximum Gasteiger partial charge on any atom is 0.281 e. The zero-order valence-electron chi connectivity index (χ0n) is 16.4. The lowest BCUT2D eigenvalue weighted by molar-refractivity contribution is -0.0379. The molecule has 0 fully saturated rings. The summed E-state index contributed by atoms with van der Waals surface area (Å²) in [7, 11) is 0. The van der Waals surface area contributed by atoms with Crippen molar-refractivity contribution in [1.82, 2.24) is 9.66 Å². The van der Waals surface area contributed by atoms with Crippen molar-refractivity contribution in [2.45, 2.75) is 52.2 Å². The summed E-state index contributed by atoms with van der Waals surface area (Å²) >= 11 is 1.52. The lowest BCUT2D eigenvalue weighted by Gasteiger charge is -2.29. The van der Waals surface area contributed by atoms with Gasteiger partial charge in [-0.3, -0.25) is 4.79 Å². The van der Waals surface area contributed by atoms with Gasteiger partial charge in [0, 0.05) is 16.9 Å². The maximum absolute atomic E-state index is 13.0. The third kappa shape index (κ3) is 3.40. The summed E-state index contributed by atoms with van der Waals surface area (Å²) in [5, 5.41) is 0.627. The van der Waals surface area contributed by atoms with Crippen LogP contribution in [0, 0.1) is 0 Å². The molecular weight excluding hydrogens is 374 g/mol. The van der Waals surface area contributed by atoms with Crippen molar-refractivity contribution in [2.24, 2.45) is 0 Å². The average molecular weight is 400 g/mol. The zero-order valence-corrected chi connectivity index (χ0v) is 17.3. The first-order valence-electron chi connectivity index (χ1n) is 9.59. The van der Waals surface area contributed by atoms with E-state index < -0.39 is 0 Å². The van der Waals surface area contributed by atoms with Crippen molar-refractivity contribution >= 4 is 21.6 Å². The molecule has 3 aromatic rings. The van der Waals surface area contributed by atoms with E-state index in [2.05, 4.69) is 6.92 Å². The van der Waals surface area contributed by atoms with E-state index in [1.807, 2.05) is 38.1 Å². The Bertz CT molecular complexity index is 1070.